The van der Waals surface area contributed by atoms with Crippen molar-refractivity contribution in [3.63, 3.8) is 0 Å². The summed E-state index contributed by atoms with van der Waals surface area (Å²) in [6, 6.07) is 40.8. The van der Waals surface area contributed by atoms with Gasteiger partial charge in [-0.15, -0.1) is 11.8 Å². The van der Waals surface area contributed by atoms with E-state index < -0.39 is 17.1 Å². The molecule has 6 aromatic carbocycles. The largest absolute Gasteiger partial charge is 0.324 e. The summed E-state index contributed by atoms with van der Waals surface area (Å²) in [5.74, 6) is -1.84. The third-order valence-electron chi connectivity index (χ3n) is 8.66. The van der Waals surface area contributed by atoms with Gasteiger partial charge in [-0.1, -0.05) is 97.1 Å². The third-order valence-corrected chi connectivity index (χ3v) is 9.77. The second kappa shape index (κ2) is 14.7. The Balaban J connectivity index is 1.05. The second-order valence-corrected chi connectivity index (χ2v) is 13.5. The molecular weight excluding hydrogens is 671 g/mol. The minimum atomic E-state index is -0.568. The number of amides is 3. The number of hydrogen-bond donors (Lipinski definition) is 3. The van der Waals surface area contributed by atoms with Crippen LogP contribution in [0, 0.1) is 0 Å². The van der Waals surface area contributed by atoms with Crippen LogP contribution in [0.2, 0.25) is 0 Å². The van der Waals surface area contributed by atoms with E-state index in [2.05, 4.69) is 16.0 Å². The molecule has 7 rings (SSSR count). The quantitative estimate of drug-likeness (QED) is 0.103. The van der Waals surface area contributed by atoms with E-state index in [1.54, 1.807) is 104 Å². The van der Waals surface area contributed by atoms with Gasteiger partial charge in [0.15, 0.2) is 11.6 Å². The van der Waals surface area contributed by atoms with Crippen LogP contribution in [0.1, 0.15) is 54.7 Å². The first-order chi connectivity index (χ1) is 25.3. The number of rotatable bonds is 9. The minimum absolute atomic E-state index is 0.0701. The first-order valence-electron chi connectivity index (χ1n) is 16.5. The van der Waals surface area contributed by atoms with Crippen molar-refractivity contribution in [3.05, 3.63) is 179 Å². The highest BCUT2D eigenvalue weighted by molar-refractivity contribution is 8.00. The van der Waals surface area contributed by atoms with Gasteiger partial charge in [-0.25, -0.2) is 0 Å². The van der Waals surface area contributed by atoms with Crippen molar-refractivity contribution in [2.45, 2.75) is 17.1 Å². The average molecular weight is 702 g/mol. The third kappa shape index (κ3) is 7.03. The smallest absolute Gasteiger partial charge is 0.272 e. The van der Waals surface area contributed by atoms with Gasteiger partial charge in [0.05, 0.1) is 16.5 Å². The summed E-state index contributed by atoms with van der Waals surface area (Å²) < 4.78 is 0. The van der Waals surface area contributed by atoms with Gasteiger partial charge in [-0.05, 0) is 71.8 Å². The highest BCUT2D eigenvalue weighted by Gasteiger charge is 2.32. The molecule has 0 heterocycles. The molecule has 1 atom stereocenters. The Kier molecular flexibility index (Phi) is 9.60. The fraction of sp³-hybridized carbons (Fsp3) is 0.0465. The Morgan fingerprint density at radius 1 is 0.635 bits per heavy atom. The van der Waals surface area contributed by atoms with Gasteiger partial charge in [0.1, 0.15) is 5.70 Å². The van der Waals surface area contributed by atoms with Crippen molar-refractivity contribution in [1.82, 2.24) is 5.32 Å². The number of carbonyl (C=O) groups excluding carboxylic acids is 5. The van der Waals surface area contributed by atoms with E-state index in [0.29, 0.717) is 22.4 Å². The molecule has 0 bridgehead atoms. The maximum absolute atomic E-state index is 13.7. The highest BCUT2D eigenvalue weighted by Crippen LogP contribution is 2.33. The van der Waals surface area contributed by atoms with Gasteiger partial charge in [-0.3, -0.25) is 24.0 Å². The lowest BCUT2D eigenvalue weighted by Crippen LogP contribution is -2.30. The van der Waals surface area contributed by atoms with Crippen LogP contribution in [0.5, 0.6) is 0 Å². The first kappa shape index (κ1) is 33.9. The molecule has 254 valence electrons. The van der Waals surface area contributed by atoms with Crippen molar-refractivity contribution < 1.29 is 24.0 Å². The highest BCUT2D eigenvalue weighted by atomic mass is 32.2. The van der Waals surface area contributed by atoms with Gasteiger partial charge in [0.2, 0.25) is 5.91 Å². The number of carbonyl (C=O) groups is 5. The van der Waals surface area contributed by atoms with Crippen LogP contribution >= 0.6 is 11.8 Å². The maximum atomic E-state index is 13.7. The number of benzene rings is 6. The monoisotopic (exact) mass is 701 g/mol. The number of ketones is 2. The molecule has 3 N–H and O–H groups in total. The fourth-order valence-electron chi connectivity index (χ4n) is 6.03. The van der Waals surface area contributed by atoms with E-state index in [9.17, 15) is 24.0 Å². The molecule has 0 fully saturated rings. The minimum Gasteiger partial charge on any atom is -0.324 e. The lowest BCUT2D eigenvalue weighted by molar-refractivity contribution is -0.115. The Hall–Kier alpha value is -6.58. The van der Waals surface area contributed by atoms with E-state index in [4.69, 9.17) is 0 Å². The van der Waals surface area contributed by atoms with Crippen LogP contribution in [0.25, 0.3) is 16.8 Å². The Morgan fingerprint density at radius 2 is 1.27 bits per heavy atom. The standard InChI is InChI=1S/C43H31N3O5S/c1-26(41(49)45-36-20-10-19-35-38(36)40(48)34-18-8-7-17-33(34)39(35)47)52-31-23-21-30(22-24-31)44-43(51)37(46-42(50)28-12-3-2-4-13-28)25-29-15-9-14-27-11-5-6-16-32(27)29/h2-26H,1H3,(H,44,51)(H,45,49)(H,46,50)/b37-25-. The Labute approximate surface area is 304 Å². The molecule has 0 saturated carbocycles. The van der Waals surface area contributed by atoms with Crippen molar-refractivity contribution in [3.8, 4) is 0 Å². The zero-order chi connectivity index (χ0) is 36.2. The van der Waals surface area contributed by atoms with Crippen molar-refractivity contribution in [1.29, 1.82) is 0 Å². The molecular formula is C43H31N3O5S. The molecule has 0 radical (unpaired) electrons. The zero-order valence-electron chi connectivity index (χ0n) is 27.9. The molecule has 3 amide bonds. The molecule has 1 aliphatic carbocycles. The summed E-state index contributed by atoms with van der Waals surface area (Å²) in [5.41, 5.74) is 3.13. The van der Waals surface area contributed by atoms with Gasteiger partial charge in [0, 0.05) is 32.8 Å². The Bertz CT molecular complexity index is 2420. The molecule has 0 aliphatic heterocycles. The molecule has 0 spiro atoms. The normalized spacial score (nSPS) is 12.8. The molecule has 1 unspecified atom stereocenters. The molecule has 1 aliphatic rings. The van der Waals surface area contributed by atoms with E-state index in [0.717, 1.165) is 21.2 Å². The zero-order valence-corrected chi connectivity index (χ0v) is 28.7. The fourth-order valence-corrected chi connectivity index (χ4v) is 6.90. The summed E-state index contributed by atoms with van der Waals surface area (Å²) >= 11 is 1.30. The molecule has 6 aromatic rings. The number of nitrogens with one attached hydrogen (secondary N) is 3. The number of anilines is 2. The SMILES string of the molecule is CC(Sc1ccc(NC(=O)/C(=C/c2cccc3ccccc23)NC(=O)c2ccccc2)cc1)C(=O)Nc1cccc2c1C(=O)c1ccccc1C2=O. The average Bonchev–Trinajstić information content (AvgIpc) is 3.17. The topological polar surface area (TPSA) is 121 Å². The summed E-state index contributed by atoms with van der Waals surface area (Å²) in [6.07, 6.45) is 1.66. The lowest BCUT2D eigenvalue weighted by Gasteiger charge is -2.21. The predicted octanol–water partition coefficient (Wildman–Crippen LogP) is 8.14. The van der Waals surface area contributed by atoms with Crippen LogP contribution < -0.4 is 16.0 Å². The van der Waals surface area contributed by atoms with Gasteiger partial charge in [-0.2, -0.15) is 0 Å². The number of thioether (sulfide) groups is 1. The van der Waals surface area contributed by atoms with Crippen LogP contribution in [0.4, 0.5) is 11.4 Å². The number of fused-ring (bicyclic) bond motifs is 3. The van der Waals surface area contributed by atoms with E-state index >= 15 is 0 Å². The molecule has 52 heavy (non-hydrogen) atoms. The molecule has 9 heteroatoms. The van der Waals surface area contributed by atoms with Crippen molar-refractivity contribution in [2.24, 2.45) is 0 Å². The van der Waals surface area contributed by atoms with Crippen molar-refractivity contribution in [2.75, 3.05) is 10.6 Å². The summed E-state index contributed by atoms with van der Waals surface area (Å²) in [5, 5.41) is 9.88. The number of hydrogen-bond acceptors (Lipinski definition) is 6. The predicted molar refractivity (Wildman–Crippen MR) is 205 cm³/mol. The van der Waals surface area contributed by atoms with Crippen molar-refractivity contribution >= 4 is 69.3 Å². The Morgan fingerprint density at radius 3 is 2.04 bits per heavy atom. The lowest BCUT2D eigenvalue weighted by atomic mass is 9.83. The van der Waals surface area contributed by atoms with Crippen LogP contribution in [0.3, 0.4) is 0 Å². The van der Waals surface area contributed by atoms with Gasteiger partial charge < -0.3 is 16.0 Å². The summed E-state index contributed by atoms with van der Waals surface area (Å²) in [4.78, 5) is 67.4. The second-order valence-electron chi connectivity index (χ2n) is 12.1. The molecule has 0 saturated heterocycles. The van der Waals surface area contributed by atoms with E-state index in [1.165, 1.54) is 11.8 Å². The summed E-state index contributed by atoms with van der Waals surface area (Å²) in [6.45, 7) is 1.74. The van der Waals surface area contributed by atoms with E-state index in [-0.39, 0.29) is 40.0 Å². The molecule has 0 aromatic heterocycles. The maximum Gasteiger partial charge on any atom is 0.272 e. The van der Waals surface area contributed by atoms with E-state index in [1.807, 2.05) is 48.5 Å². The van der Waals surface area contributed by atoms with Crippen LogP contribution in [-0.2, 0) is 9.59 Å². The summed E-state index contributed by atoms with van der Waals surface area (Å²) in [7, 11) is 0. The first-order valence-corrected chi connectivity index (χ1v) is 17.4. The van der Waals surface area contributed by atoms with Gasteiger partial charge >= 0.3 is 0 Å². The van der Waals surface area contributed by atoms with Crippen LogP contribution in [-0.4, -0.2) is 34.5 Å². The molecule has 8 nitrogen and oxygen atoms in total. The van der Waals surface area contributed by atoms with Gasteiger partial charge in [0.25, 0.3) is 11.8 Å². The van der Waals surface area contributed by atoms with Crippen LogP contribution in [0.15, 0.2) is 150 Å².